The second-order valence-electron chi connectivity index (χ2n) is 8.72. The van der Waals surface area contributed by atoms with E-state index in [4.69, 9.17) is 21.1 Å². The summed E-state index contributed by atoms with van der Waals surface area (Å²) in [4.78, 5) is 15.2. The Morgan fingerprint density at radius 3 is 2.63 bits per heavy atom. The number of hydrogen-bond acceptors (Lipinski definition) is 5. The van der Waals surface area contributed by atoms with Gasteiger partial charge in [-0.05, 0) is 62.1 Å². The van der Waals surface area contributed by atoms with Crippen LogP contribution in [0.25, 0.3) is 11.3 Å². The SMILES string of the molecule is CCCCOc1ccc(C2c3c(-c4cc(Cl)c(C)cc4O)n[nH]c3C(=O)N2CCC)cc1OCC. The molecule has 2 heterocycles. The first kappa shape index (κ1) is 24.9. The average Bonchev–Trinajstić information content (AvgIpc) is 3.37. The van der Waals surface area contributed by atoms with E-state index in [2.05, 4.69) is 17.1 Å². The molecule has 2 aromatic carbocycles. The molecule has 0 spiro atoms. The second kappa shape index (κ2) is 10.6. The maximum absolute atomic E-state index is 13.4. The van der Waals surface area contributed by atoms with Gasteiger partial charge in [0.25, 0.3) is 5.91 Å². The fourth-order valence-corrected chi connectivity index (χ4v) is 4.65. The van der Waals surface area contributed by atoms with Crippen LogP contribution in [0.5, 0.6) is 17.2 Å². The van der Waals surface area contributed by atoms with Gasteiger partial charge in [0, 0.05) is 22.7 Å². The van der Waals surface area contributed by atoms with Gasteiger partial charge >= 0.3 is 0 Å². The van der Waals surface area contributed by atoms with Crippen molar-refractivity contribution >= 4 is 17.5 Å². The van der Waals surface area contributed by atoms with E-state index in [9.17, 15) is 9.90 Å². The minimum Gasteiger partial charge on any atom is -0.507 e. The first-order chi connectivity index (χ1) is 16.9. The molecule has 4 rings (SSSR count). The van der Waals surface area contributed by atoms with Gasteiger partial charge in [-0.3, -0.25) is 9.89 Å². The number of halogens is 1. The van der Waals surface area contributed by atoms with E-state index in [1.807, 2.05) is 43.9 Å². The molecule has 0 aliphatic carbocycles. The number of ether oxygens (including phenoxy) is 2. The van der Waals surface area contributed by atoms with Crippen molar-refractivity contribution in [2.45, 2.75) is 53.0 Å². The van der Waals surface area contributed by atoms with Gasteiger partial charge in [0.1, 0.15) is 17.1 Å². The number of aromatic amines is 1. The summed E-state index contributed by atoms with van der Waals surface area (Å²) in [6.07, 6.45) is 2.80. The number of carbonyl (C=O) groups is 1. The summed E-state index contributed by atoms with van der Waals surface area (Å²) in [5, 5.41) is 18.6. The summed E-state index contributed by atoms with van der Waals surface area (Å²) in [5.41, 5.74) is 3.80. The number of aromatic nitrogens is 2. The van der Waals surface area contributed by atoms with Crippen LogP contribution >= 0.6 is 11.6 Å². The topological polar surface area (TPSA) is 87.7 Å². The number of nitrogens with zero attached hydrogens (tertiary/aromatic N) is 2. The molecular weight excluding hydrogens is 466 g/mol. The monoisotopic (exact) mass is 497 g/mol. The van der Waals surface area contributed by atoms with Crippen LogP contribution in [0.2, 0.25) is 5.02 Å². The van der Waals surface area contributed by atoms with Crippen molar-refractivity contribution in [3.8, 4) is 28.5 Å². The maximum atomic E-state index is 13.4. The Bertz CT molecular complexity index is 1220. The number of amides is 1. The van der Waals surface area contributed by atoms with Crippen LogP contribution in [-0.2, 0) is 0 Å². The first-order valence-corrected chi connectivity index (χ1v) is 12.6. The van der Waals surface area contributed by atoms with Crippen molar-refractivity contribution in [3.63, 3.8) is 0 Å². The minimum atomic E-state index is -0.394. The lowest BCUT2D eigenvalue weighted by Crippen LogP contribution is -2.30. The number of fused-ring (bicyclic) bond motifs is 1. The summed E-state index contributed by atoms with van der Waals surface area (Å²) in [5.74, 6) is 1.27. The Morgan fingerprint density at radius 1 is 1.11 bits per heavy atom. The summed E-state index contributed by atoms with van der Waals surface area (Å²) in [7, 11) is 0. The molecule has 35 heavy (non-hydrogen) atoms. The van der Waals surface area contributed by atoms with Gasteiger partial charge in [0.15, 0.2) is 11.5 Å². The molecule has 0 bridgehead atoms. The van der Waals surface area contributed by atoms with Crippen molar-refractivity contribution in [1.82, 2.24) is 15.1 Å². The molecule has 1 amide bonds. The van der Waals surface area contributed by atoms with Crippen LogP contribution in [0, 0.1) is 6.92 Å². The fraction of sp³-hybridized carbons (Fsp3) is 0.407. The van der Waals surface area contributed by atoms with Gasteiger partial charge in [-0.15, -0.1) is 0 Å². The number of phenolic OH excluding ortho intramolecular Hbond substituents is 1. The molecule has 186 valence electrons. The highest BCUT2D eigenvalue weighted by Crippen LogP contribution is 2.46. The van der Waals surface area contributed by atoms with Gasteiger partial charge in [0.2, 0.25) is 0 Å². The molecular formula is C27H32ClN3O4. The lowest BCUT2D eigenvalue weighted by molar-refractivity contribution is 0.0743. The summed E-state index contributed by atoms with van der Waals surface area (Å²) in [6, 6.07) is 8.74. The zero-order valence-electron chi connectivity index (χ0n) is 20.7. The van der Waals surface area contributed by atoms with Crippen LogP contribution in [0.1, 0.15) is 73.3 Å². The zero-order valence-corrected chi connectivity index (χ0v) is 21.4. The third-order valence-corrected chi connectivity index (χ3v) is 6.61. The molecule has 7 nitrogen and oxygen atoms in total. The normalized spacial score (nSPS) is 14.9. The van der Waals surface area contributed by atoms with Crippen molar-refractivity contribution in [1.29, 1.82) is 0 Å². The van der Waals surface area contributed by atoms with Crippen LogP contribution < -0.4 is 9.47 Å². The van der Waals surface area contributed by atoms with E-state index < -0.39 is 6.04 Å². The lowest BCUT2D eigenvalue weighted by atomic mass is 9.95. The highest BCUT2D eigenvalue weighted by atomic mass is 35.5. The Morgan fingerprint density at radius 2 is 1.91 bits per heavy atom. The molecule has 1 atom stereocenters. The number of nitrogens with one attached hydrogen (secondary N) is 1. The number of hydrogen-bond donors (Lipinski definition) is 2. The number of aromatic hydroxyl groups is 1. The predicted octanol–water partition coefficient (Wildman–Crippen LogP) is 6.28. The number of aryl methyl sites for hydroxylation is 1. The zero-order chi connectivity index (χ0) is 25.1. The van der Waals surface area contributed by atoms with Crippen molar-refractivity contribution in [3.05, 3.63) is 57.7 Å². The molecule has 0 fully saturated rings. The standard InChI is InChI=1S/C27H32ClN3O4/c1-5-8-12-35-21-10-9-17(14-22(21)34-7-3)26-23-24(18-15-19(28)16(4)13-20(18)32)29-30-25(23)27(33)31(26)11-6-2/h9-10,13-15,26,32H,5-8,11-12H2,1-4H3,(H,29,30). The Kier molecular flexibility index (Phi) is 7.55. The van der Waals surface area contributed by atoms with Gasteiger partial charge < -0.3 is 19.5 Å². The largest absolute Gasteiger partial charge is 0.507 e. The van der Waals surface area contributed by atoms with E-state index >= 15 is 0 Å². The number of phenols is 1. The summed E-state index contributed by atoms with van der Waals surface area (Å²) < 4.78 is 11.9. The van der Waals surface area contributed by atoms with Crippen molar-refractivity contribution in [2.24, 2.45) is 0 Å². The van der Waals surface area contributed by atoms with Crippen LogP contribution in [0.4, 0.5) is 0 Å². The third-order valence-electron chi connectivity index (χ3n) is 6.20. The van der Waals surface area contributed by atoms with E-state index in [-0.39, 0.29) is 11.7 Å². The highest BCUT2D eigenvalue weighted by molar-refractivity contribution is 6.31. The molecule has 3 aromatic rings. The third kappa shape index (κ3) is 4.69. The maximum Gasteiger partial charge on any atom is 0.273 e. The van der Waals surface area contributed by atoms with Crippen LogP contribution in [-0.4, -0.2) is 45.9 Å². The molecule has 1 aliphatic heterocycles. The molecule has 0 saturated carbocycles. The Balaban J connectivity index is 1.84. The number of unbranched alkanes of at least 4 members (excludes halogenated alkanes) is 1. The van der Waals surface area contributed by atoms with Gasteiger partial charge in [-0.2, -0.15) is 5.10 Å². The van der Waals surface area contributed by atoms with Gasteiger partial charge in [-0.1, -0.05) is 37.9 Å². The second-order valence-corrected chi connectivity index (χ2v) is 9.13. The summed E-state index contributed by atoms with van der Waals surface area (Å²) in [6.45, 7) is 9.60. The first-order valence-electron chi connectivity index (χ1n) is 12.2. The van der Waals surface area contributed by atoms with Crippen molar-refractivity contribution in [2.75, 3.05) is 19.8 Å². The number of rotatable bonds is 10. The van der Waals surface area contributed by atoms with E-state index in [0.717, 1.165) is 36.0 Å². The number of carbonyl (C=O) groups excluding carboxylic acids is 1. The average molecular weight is 498 g/mol. The number of H-pyrrole nitrogens is 1. The highest BCUT2D eigenvalue weighted by Gasteiger charge is 2.42. The van der Waals surface area contributed by atoms with Crippen molar-refractivity contribution < 1.29 is 19.4 Å². The van der Waals surface area contributed by atoms with Crippen LogP contribution in [0.3, 0.4) is 0 Å². The Hall–Kier alpha value is -3.19. The minimum absolute atomic E-state index is 0.0658. The molecule has 1 aliphatic rings. The smallest absolute Gasteiger partial charge is 0.273 e. The molecule has 0 saturated heterocycles. The fourth-order valence-electron chi connectivity index (χ4n) is 4.48. The Labute approximate surface area is 211 Å². The van der Waals surface area contributed by atoms with E-state index in [0.29, 0.717) is 53.2 Å². The van der Waals surface area contributed by atoms with Gasteiger partial charge in [0.05, 0.1) is 19.3 Å². The lowest BCUT2D eigenvalue weighted by Gasteiger charge is -2.27. The van der Waals surface area contributed by atoms with Crippen LogP contribution in [0.15, 0.2) is 30.3 Å². The summed E-state index contributed by atoms with van der Waals surface area (Å²) >= 11 is 6.38. The molecule has 8 heteroatoms. The molecule has 1 unspecified atom stereocenters. The molecule has 0 radical (unpaired) electrons. The van der Waals surface area contributed by atoms with E-state index in [1.165, 1.54) is 0 Å². The predicted molar refractivity (Wildman–Crippen MR) is 137 cm³/mol. The molecule has 2 N–H and O–H groups in total. The quantitative estimate of drug-likeness (QED) is 0.322. The number of benzene rings is 2. The van der Waals surface area contributed by atoms with E-state index in [1.54, 1.807) is 12.1 Å². The molecule has 1 aromatic heterocycles. The van der Waals surface area contributed by atoms with Gasteiger partial charge in [-0.25, -0.2) is 0 Å².